The number of aliphatic hydroxyl groups is 5. The van der Waals surface area contributed by atoms with Crippen LogP contribution in [-0.2, 0) is 19.1 Å². The van der Waals surface area contributed by atoms with E-state index in [1.165, 1.54) is 6.92 Å². The second kappa shape index (κ2) is 9.85. The van der Waals surface area contributed by atoms with Crippen molar-refractivity contribution in [2.24, 2.45) is 40.4 Å². The van der Waals surface area contributed by atoms with E-state index in [1.54, 1.807) is 13.0 Å². The van der Waals surface area contributed by atoms with Crippen LogP contribution >= 0.6 is 0 Å². The van der Waals surface area contributed by atoms with Crippen molar-refractivity contribution < 1.29 is 44.6 Å². The summed E-state index contributed by atoms with van der Waals surface area (Å²) in [5.41, 5.74) is -3.72. The van der Waals surface area contributed by atoms with Crippen LogP contribution in [0.5, 0.6) is 0 Å². The summed E-state index contributed by atoms with van der Waals surface area (Å²) in [6, 6.07) is 0. The number of ketones is 1. The second-order valence-corrected chi connectivity index (χ2v) is 14.3. The number of esters is 1. The number of carbonyl (C=O) groups excluding carboxylic acids is 2. The van der Waals surface area contributed by atoms with Crippen molar-refractivity contribution in [2.75, 3.05) is 0 Å². The third-order valence-electron chi connectivity index (χ3n) is 12.3. The van der Waals surface area contributed by atoms with Crippen LogP contribution in [0.4, 0.5) is 0 Å². The minimum atomic E-state index is -1.60. The molecule has 0 spiro atoms. The van der Waals surface area contributed by atoms with Crippen molar-refractivity contribution in [3.05, 3.63) is 11.6 Å². The van der Waals surface area contributed by atoms with E-state index in [0.29, 0.717) is 37.7 Å². The fourth-order valence-corrected chi connectivity index (χ4v) is 10.0. The Labute approximate surface area is 236 Å². The first kappa shape index (κ1) is 30.1. The molecule has 9 heteroatoms. The molecule has 0 amide bonds. The third kappa shape index (κ3) is 4.09. The molecule has 1 saturated heterocycles. The molecule has 9 nitrogen and oxygen atoms in total. The van der Waals surface area contributed by atoms with Crippen LogP contribution in [0, 0.1) is 40.4 Å². The largest absolute Gasteiger partial charge is 0.457 e. The predicted octanol–water partition coefficient (Wildman–Crippen LogP) is 2.25. The molecular weight excluding hydrogens is 516 g/mol. The molecule has 1 aliphatic heterocycles. The molecule has 5 aliphatic rings. The van der Waals surface area contributed by atoms with E-state index in [0.717, 1.165) is 0 Å². The van der Waals surface area contributed by atoms with Crippen LogP contribution in [0.2, 0.25) is 0 Å². The molecule has 1 heterocycles. The van der Waals surface area contributed by atoms with Crippen molar-refractivity contribution in [3.63, 3.8) is 0 Å². The van der Waals surface area contributed by atoms with Gasteiger partial charge in [-0.15, -0.1) is 0 Å². The van der Waals surface area contributed by atoms with Crippen molar-refractivity contribution in [2.45, 2.75) is 128 Å². The topological polar surface area (TPSA) is 154 Å². The van der Waals surface area contributed by atoms with E-state index >= 15 is 0 Å². The fourth-order valence-electron chi connectivity index (χ4n) is 10.0. The Hall–Kier alpha value is -1.36. The monoisotopic (exact) mass is 564 g/mol. The molecule has 0 aromatic heterocycles. The van der Waals surface area contributed by atoms with Crippen LogP contribution < -0.4 is 0 Å². The Morgan fingerprint density at radius 2 is 1.85 bits per heavy atom. The molecule has 0 radical (unpaired) electrons. The number of carbonyl (C=O) groups is 2. The number of ether oxygens (including phenoxy) is 2. The summed E-state index contributed by atoms with van der Waals surface area (Å²) in [4.78, 5) is 25.8. The second-order valence-electron chi connectivity index (χ2n) is 14.3. The van der Waals surface area contributed by atoms with Gasteiger partial charge in [0.25, 0.3) is 0 Å². The van der Waals surface area contributed by atoms with E-state index in [1.807, 2.05) is 27.7 Å². The lowest BCUT2D eigenvalue weighted by molar-refractivity contribution is -0.223. The standard InChI is InChI=1S/C31H48O9/c1-7-17-15(2)27(36)40-25(17)26(39-16(3)32)30(6,37)24-9-11-31(38)19-12-21(33)20-13-22(34)23(35)14-28(20,4)18(19)8-10-29(24,31)5/h12,15,17-18,20,22-27,34-38H,7-11,13-14H2,1-6H3. The minimum absolute atomic E-state index is 0.126. The van der Waals surface area contributed by atoms with Crippen molar-refractivity contribution >= 4 is 11.8 Å². The highest BCUT2D eigenvalue weighted by atomic mass is 16.6. The number of allylic oxidation sites excluding steroid dienone is 1. The minimum Gasteiger partial charge on any atom is -0.457 e. The Bertz CT molecular complexity index is 1070. The van der Waals surface area contributed by atoms with Gasteiger partial charge in [0.1, 0.15) is 11.7 Å². The zero-order chi connectivity index (χ0) is 29.6. The molecule has 0 aromatic rings. The summed E-state index contributed by atoms with van der Waals surface area (Å²) in [5, 5.41) is 56.3. The lowest BCUT2D eigenvalue weighted by Crippen LogP contribution is -2.64. The van der Waals surface area contributed by atoms with Gasteiger partial charge in [0.05, 0.1) is 17.8 Å². The first-order chi connectivity index (χ1) is 18.5. The Balaban J connectivity index is 1.52. The normalized spacial score (nSPS) is 50.7. The first-order valence-corrected chi connectivity index (χ1v) is 15.1. The lowest BCUT2D eigenvalue weighted by atomic mass is 9.45. The average Bonchev–Trinajstić information content (AvgIpc) is 3.31. The highest BCUT2D eigenvalue weighted by Gasteiger charge is 2.70. The van der Waals surface area contributed by atoms with Crippen LogP contribution in [0.3, 0.4) is 0 Å². The number of fused-ring (bicyclic) bond motifs is 5. The number of hydrogen-bond acceptors (Lipinski definition) is 9. The van der Waals surface area contributed by atoms with E-state index in [9.17, 15) is 35.1 Å². The summed E-state index contributed by atoms with van der Waals surface area (Å²) in [7, 11) is 0. The molecule has 5 rings (SSSR count). The highest BCUT2D eigenvalue weighted by molar-refractivity contribution is 5.95. The van der Waals surface area contributed by atoms with Crippen molar-refractivity contribution in [3.8, 4) is 0 Å². The van der Waals surface area contributed by atoms with E-state index in [2.05, 4.69) is 0 Å². The molecule has 0 bridgehead atoms. The van der Waals surface area contributed by atoms with Gasteiger partial charge in [-0.1, -0.05) is 34.1 Å². The van der Waals surface area contributed by atoms with Gasteiger partial charge in [-0.05, 0) is 80.3 Å². The third-order valence-corrected chi connectivity index (χ3v) is 12.3. The molecule has 4 fully saturated rings. The summed E-state index contributed by atoms with van der Waals surface area (Å²) < 4.78 is 11.7. The number of aliphatic hydroxyl groups excluding tert-OH is 3. The number of hydrogen-bond donors (Lipinski definition) is 5. The zero-order valence-corrected chi connectivity index (χ0v) is 24.7. The van der Waals surface area contributed by atoms with Crippen LogP contribution in [0.1, 0.15) is 86.5 Å². The average molecular weight is 565 g/mol. The lowest BCUT2D eigenvalue weighted by Gasteiger charge is -2.61. The predicted molar refractivity (Wildman–Crippen MR) is 144 cm³/mol. The Kier molecular flexibility index (Phi) is 7.41. The van der Waals surface area contributed by atoms with Crippen LogP contribution in [0.15, 0.2) is 11.6 Å². The van der Waals surface area contributed by atoms with Gasteiger partial charge in [0, 0.05) is 24.2 Å². The van der Waals surface area contributed by atoms with Gasteiger partial charge < -0.3 is 35.0 Å². The SMILES string of the molecule is CCC1C(C)C(O)OC1C(OC(C)=O)C(C)(O)C1CCC2(O)C3=CC(=O)C4CC(O)C(O)CC4(C)C3CCC12C. The van der Waals surface area contributed by atoms with Gasteiger partial charge in [-0.3, -0.25) is 9.59 Å². The molecular formula is C31H48O9. The first-order valence-electron chi connectivity index (χ1n) is 15.1. The van der Waals surface area contributed by atoms with E-state index in [-0.39, 0.29) is 36.4 Å². The maximum absolute atomic E-state index is 13.5. The van der Waals surface area contributed by atoms with Gasteiger partial charge in [-0.2, -0.15) is 0 Å². The summed E-state index contributed by atoms with van der Waals surface area (Å²) in [6.45, 7) is 10.8. The van der Waals surface area contributed by atoms with Crippen LogP contribution in [0.25, 0.3) is 0 Å². The van der Waals surface area contributed by atoms with Crippen molar-refractivity contribution in [1.82, 2.24) is 0 Å². The van der Waals surface area contributed by atoms with Crippen molar-refractivity contribution in [1.29, 1.82) is 0 Å². The van der Waals surface area contributed by atoms with Crippen LogP contribution in [-0.4, -0.2) is 79.2 Å². The maximum Gasteiger partial charge on any atom is 0.303 e. The van der Waals surface area contributed by atoms with Gasteiger partial charge in [0.15, 0.2) is 18.2 Å². The number of rotatable bonds is 5. The molecule has 4 aliphatic carbocycles. The zero-order valence-electron chi connectivity index (χ0n) is 24.7. The Morgan fingerprint density at radius 3 is 2.48 bits per heavy atom. The summed E-state index contributed by atoms with van der Waals surface area (Å²) in [6.07, 6.45) is 0.0733. The molecule has 226 valence electrons. The van der Waals surface area contributed by atoms with Gasteiger partial charge >= 0.3 is 5.97 Å². The Morgan fingerprint density at radius 1 is 1.18 bits per heavy atom. The van der Waals surface area contributed by atoms with E-state index in [4.69, 9.17) is 9.47 Å². The summed E-state index contributed by atoms with van der Waals surface area (Å²) in [5.74, 6) is -2.08. The molecule has 0 aromatic carbocycles. The van der Waals surface area contributed by atoms with Gasteiger partial charge in [0.2, 0.25) is 0 Å². The fraction of sp³-hybridized carbons (Fsp3) is 0.871. The highest BCUT2D eigenvalue weighted by Crippen LogP contribution is 2.69. The molecule has 14 atom stereocenters. The quantitative estimate of drug-likeness (QED) is 0.316. The van der Waals surface area contributed by atoms with Gasteiger partial charge in [-0.25, -0.2) is 0 Å². The molecule has 3 saturated carbocycles. The smallest absolute Gasteiger partial charge is 0.303 e. The summed E-state index contributed by atoms with van der Waals surface area (Å²) >= 11 is 0. The molecule has 14 unspecified atom stereocenters. The van der Waals surface area contributed by atoms with E-state index < -0.39 is 70.5 Å². The molecule has 40 heavy (non-hydrogen) atoms. The molecule has 5 N–H and O–H groups in total. The maximum atomic E-state index is 13.5.